The number of anilines is 1. The predicted octanol–water partition coefficient (Wildman–Crippen LogP) is 2.91. The number of ether oxygens (including phenoxy) is 3. The topological polar surface area (TPSA) is 121 Å². The van der Waals surface area contributed by atoms with Crippen LogP contribution in [0.4, 0.5) is 5.82 Å². The number of nitrogen functional groups attached to an aromatic ring is 1. The highest BCUT2D eigenvalue weighted by atomic mass is 16.5. The summed E-state index contributed by atoms with van der Waals surface area (Å²) in [6.45, 7) is 9.47. The number of benzene rings is 1. The Hall–Kier alpha value is -3.44. The first-order chi connectivity index (χ1) is 19.0. The molecule has 1 fully saturated rings. The first-order valence-electron chi connectivity index (χ1n) is 13.8. The van der Waals surface area contributed by atoms with E-state index in [2.05, 4.69) is 43.8 Å². The molecule has 2 aromatic heterocycles. The number of methoxy groups -OCH3 is 2. The van der Waals surface area contributed by atoms with Gasteiger partial charge in [0.1, 0.15) is 0 Å². The molecule has 212 valence electrons. The summed E-state index contributed by atoms with van der Waals surface area (Å²) in [6.07, 6.45) is 4.30. The molecule has 11 heteroatoms. The lowest BCUT2D eigenvalue weighted by Crippen LogP contribution is -2.46. The van der Waals surface area contributed by atoms with Crippen molar-refractivity contribution in [1.82, 2.24) is 29.3 Å². The van der Waals surface area contributed by atoms with E-state index in [1.807, 2.05) is 16.7 Å². The molecule has 1 aliphatic heterocycles. The first-order valence-corrected chi connectivity index (χ1v) is 13.8. The summed E-state index contributed by atoms with van der Waals surface area (Å²) in [4.78, 5) is 29.9. The Bertz CT molecular complexity index is 1220. The second-order valence-electron chi connectivity index (χ2n) is 9.91. The lowest BCUT2D eigenvalue weighted by atomic mass is 10.1. The third kappa shape index (κ3) is 7.79. The molecule has 0 radical (unpaired) electrons. The van der Waals surface area contributed by atoms with Crippen molar-refractivity contribution in [1.29, 1.82) is 0 Å². The minimum absolute atomic E-state index is 0.209. The van der Waals surface area contributed by atoms with Crippen LogP contribution in [0.1, 0.15) is 43.7 Å². The highest BCUT2D eigenvalue weighted by molar-refractivity contribution is 5.83. The number of piperazine rings is 1. The van der Waals surface area contributed by atoms with Gasteiger partial charge in [0.05, 0.1) is 27.2 Å². The molecule has 3 heterocycles. The van der Waals surface area contributed by atoms with E-state index in [-0.39, 0.29) is 12.0 Å². The lowest BCUT2D eigenvalue weighted by Gasteiger charge is -2.34. The third-order valence-electron chi connectivity index (χ3n) is 7.02. The van der Waals surface area contributed by atoms with E-state index < -0.39 is 0 Å². The van der Waals surface area contributed by atoms with E-state index >= 15 is 0 Å². The first kappa shape index (κ1) is 28.6. The number of hydrogen-bond acceptors (Lipinski definition) is 10. The Labute approximate surface area is 230 Å². The molecule has 39 heavy (non-hydrogen) atoms. The zero-order valence-electron chi connectivity index (χ0n) is 23.4. The number of esters is 1. The summed E-state index contributed by atoms with van der Waals surface area (Å²) >= 11 is 0. The average Bonchev–Trinajstić information content (AvgIpc) is 3.30. The van der Waals surface area contributed by atoms with Gasteiger partial charge in [-0.2, -0.15) is 15.0 Å². The minimum Gasteiger partial charge on any atom is -0.469 e. The largest absolute Gasteiger partial charge is 0.469 e. The van der Waals surface area contributed by atoms with Crippen LogP contribution < -0.4 is 15.2 Å². The van der Waals surface area contributed by atoms with Crippen molar-refractivity contribution < 1.29 is 19.0 Å². The lowest BCUT2D eigenvalue weighted by molar-refractivity contribution is -0.139. The number of aryl methyl sites for hydroxylation is 1. The molecule has 0 atom stereocenters. The fourth-order valence-electron chi connectivity index (χ4n) is 4.82. The molecule has 0 unspecified atom stereocenters. The third-order valence-corrected chi connectivity index (χ3v) is 7.02. The summed E-state index contributed by atoms with van der Waals surface area (Å²) in [5.74, 6) is 0.0932. The van der Waals surface area contributed by atoms with E-state index in [1.54, 1.807) is 7.11 Å². The van der Waals surface area contributed by atoms with Crippen LogP contribution in [0.25, 0.3) is 11.2 Å². The van der Waals surface area contributed by atoms with Crippen LogP contribution in [0, 0.1) is 0 Å². The summed E-state index contributed by atoms with van der Waals surface area (Å²) in [5, 5.41) is 0. The fourth-order valence-corrected chi connectivity index (χ4v) is 4.82. The number of nitrogens with zero attached hydrogens (tertiary/aromatic N) is 6. The molecule has 0 spiro atoms. The quantitative estimate of drug-likeness (QED) is 0.242. The van der Waals surface area contributed by atoms with Crippen molar-refractivity contribution in [2.24, 2.45) is 0 Å². The molecule has 1 aromatic carbocycles. The Kier molecular flexibility index (Phi) is 10.3. The zero-order chi connectivity index (χ0) is 27.6. The van der Waals surface area contributed by atoms with Crippen molar-refractivity contribution in [2.45, 2.75) is 52.1 Å². The molecule has 0 aliphatic carbocycles. The van der Waals surface area contributed by atoms with Crippen molar-refractivity contribution in [3.05, 3.63) is 35.4 Å². The molecule has 0 saturated carbocycles. The second kappa shape index (κ2) is 14.1. The number of unbranched alkanes of at least 4 members (excludes halogenated alkanes) is 2. The predicted molar refractivity (Wildman–Crippen MR) is 150 cm³/mol. The van der Waals surface area contributed by atoms with Gasteiger partial charge in [0, 0.05) is 39.3 Å². The molecule has 2 N–H and O–H groups in total. The number of carbonyl (C=O) groups excluding carboxylic acids is 1. The molecular formula is C28H41N7O4. The van der Waals surface area contributed by atoms with Crippen molar-refractivity contribution in [3.63, 3.8) is 0 Å². The highest BCUT2D eigenvalue weighted by Gasteiger charge is 2.19. The van der Waals surface area contributed by atoms with E-state index in [0.29, 0.717) is 36.0 Å². The summed E-state index contributed by atoms with van der Waals surface area (Å²) in [6, 6.07) is 8.99. The van der Waals surface area contributed by atoms with Crippen LogP contribution in [0.3, 0.4) is 0 Å². The van der Waals surface area contributed by atoms with Crippen molar-refractivity contribution in [3.8, 4) is 12.0 Å². The maximum Gasteiger partial charge on any atom is 0.320 e. The van der Waals surface area contributed by atoms with Crippen LogP contribution >= 0.6 is 0 Å². The Morgan fingerprint density at radius 1 is 0.974 bits per heavy atom. The fraction of sp³-hybridized carbons (Fsp3) is 0.571. The van der Waals surface area contributed by atoms with Gasteiger partial charge >= 0.3 is 12.0 Å². The van der Waals surface area contributed by atoms with Crippen LogP contribution in [0.15, 0.2) is 24.3 Å². The van der Waals surface area contributed by atoms with Crippen LogP contribution in [0.5, 0.6) is 12.0 Å². The molecule has 0 amide bonds. The number of fused-ring (bicyclic) bond motifs is 1. The molecule has 0 bridgehead atoms. The highest BCUT2D eigenvalue weighted by Crippen LogP contribution is 2.26. The van der Waals surface area contributed by atoms with Crippen LogP contribution in [0.2, 0.25) is 0 Å². The van der Waals surface area contributed by atoms with Gasteiger partial charge in [-0.1, -0.05) is 37.6 Å². The number of rotatable bonds is 14. The number of aromatic nitrogens is 4. The smallest absolute Gasteiger partial charge is 0.320 e. The normalized spacial score (nSPS) is 14.5. The maximum absolute atomic E-state index is 11.6. The summed E-state index contributed by atoms with van der Waals surface area (Å²) in [7, 11) is 3.03. The summed E-state index contributed by atoms with van der Waals surface area (Å²) < 4.78 is 18.0. The Morgan fingerprint density at radius 3 is 2.46 bits per heavy atom. The van der Waals surface area contributed by atoms with Gasteiger partial charge in [-0.05, 0) is 36.9 Å². The van der Waals surface area contributed by atoms with Gasteiger partial charge in [-0.3, -0.25) is 14.3 Å². The monoisotopic (exact) mass is 539 g/mol. The number of imidazole rings is 1. The van der Waals surface area contributed by atoms with Gasteiger partial charge in [-0.15, -0.1) is 0 Å². The van der Waals surface area contributed by atoms with Gasteiger partial charge in [0.15, 0.2) is 17.0 Å². The van der Waals surface area contributed by atoms with Gasteiger partial charge in [0.25, 0.3) is 6.01 Å². The summed E-state index contributed by atoms with van der Waals surface area (Å²) in [5.41, 5.74) is 9.57. The van der Waals surface area contributed by atoms with E-state index in [0.717, 1.165) is 77.1 Å². The van der Waals surface area contributed by atoms with Crippen LogP contribution in [-0.4, -0.2) is 88.8 Å². The van der Waals surface area contributed by atoms with Crippen molar-refractivity contribution in [2.75, 3.05) is 59.3 Å². The van der Waals surface area contributed by atoms with Gasteiger partial charge in [-0.25, -0.2) is 0 Å². The maximum atomic E-state index is 11.6. The van der Waals surface area contributed by atoms with Gasteiger partial charge < -0.3 is 24.8 Å². The Balaban J connectivity index is 1.24. The molecule has 1 aliphatic rings. The molecule has 11 nitrogen and oxygen atoms in total. The SMILES string of the molecule is CCCCOc1nc(N)c2nc(OC)n(CCCCN3CCN(Cc4cccc(CC(=O)OC)c4)CC3)c2n1. The average molecular weight is 540 g/mol. The number of hydrogen-bond donors (Lipinski definition) is 1. The molecular weight excluding hydrogens is 498 g/mol. The van der Waals surface area contributed by atoms with E-state index in [1.165, 1.54) is 12.7 Å². The van der Waals surface area contributed by atoms with Crippen LogP contribution in [-0.2, 0) is 29.0 Å². The number of nitrogens with two attached hydrogens (primary N) is 1. The number of carbonyl (C=O) groups is 1. The molecule has 4 rings (SSSR count). The van der Waals surface area contributed by atoms with Crippen molar-refractivity contribution >= 4 is 23.0 Å². The molecule has 1 saturated heterocycles. The Morgan fingerprint density at radius 2 is 1.72 bits per heavy atom. The zero-order valence-corrected chi connectivity index (χ0v) is 23.4. The van der Waals surface area contributed by atoms with Gasteiger partial charge in [0.2, 0.25) is 0 Å². The standard InChI is InChI=1S/C28H41N7O4/c1-4-5-17-39-27-31-25(29)24-26(32-27)35(28(30-24)38-3)12-7-6-11-33-13-15-34(16-14-33)20-22-10-8-9-21(18-22)19-23(36)37-2/h8-10,18H,4-7,11-17,19-20H2,1-3H3,(H2,29,31,32). The second-order valence-corrected chi connectivity index (χ2v) is 9.91. The molecule has 3 aromatic rings. The van der Waals surface area contributed by atoms with E-state index in [9.17, 15) is 4.79 Å². The van der Waals surface area contributed by atoms with E-state index in [4.69, 9.17) is 19.9 Å². The minimum atomic E-state index is -0.209.